The topological polar surface area (TPSA) is 46.2 Å². The minimum absolute atomic E-state index is 0.331. The zero-order valence-electron chi connectivity index (χ0n) is 8.76. The van der Waals surface area contributed by atoms with Crippen LogP contribution in [0, 0.1) is 5.92 Å². The van der Waals surface area contributed by atoms with Crippen LogP contribution in [0.3, 0.4) is 0 Å². The normalized spacial score (nSPS) is 24.2. The molecule has 1 fully saturated rings. The lowest BCUT2D eigenvalue weighted by molar-refractivity contribution is -0.0490. The minimum atomic E-state index is -0.428. The third-order valence-electron chi connectivity index (χ3n) is 3.40. The van der Waals surface area contributed by atoms with Crippen LogP contribution >= 0.6 is 0 Å². The summed E-state index contributed by atoms with van der Waals surface area (Å²) < 4.78 is 0. The fourth-order valence-corrected chi connectivity index (χ4v) is 2.53. The second-order valence-electron chi connectivity index (χ2n) is 4.39. The van der Waals surface area contributed by atoms with E-state index in [9.17, 15) is 5.11 Å². The average Bonchev–Trinajstić information content (AvgIpc) is 2.15. The molecule has 3 N–H and O–H groups in total. The highest BCUT2D eigenvalue weighted by Gasteiger charge is 2.35. The smallest absolute Gasteiger partial charge is 0.0687 e. The first-order chi connectivity index (χ1) is 6.23. The molecule has 1 aliphatic rings. The van der Waals surface area contributed by atoms with Gasteiger partial charge in [-0.15, -0.1) is 0 Å². The van der Waals surface area contributed by atoms with Crippen LogP contribution in [-0.4, -0.2) is 17.3 Å². The van der Waals surface area contributed by atoms with Crippen LogP contribution in [0.15, 0.2) is 0 Å². The van der Waals surface area contributed by atoms with Crippen LogP contribution in [0.4, 0.5) is 0 Å². The van der Waals surface area contributed by atoms with Crippen molar-refractivity contribution >= 4 is 0 Å². The van der Waals surface area contributed by atoms with E-state index < -0.39 is 5.60 Å². The van der Waals surface area contributed by atoms with Crippen LogP contribution in [0.2, 0.25) is 0 Å². The highest BCUT2D eigenvalue weighted by molar-refractivity contribution is 4.89. The molecule has 1 rings (SSSR count). The van der Waals surface area contributed by atoms with Gasteiger partial charge in [-0.3, -0.25) is 0 Å². The van der Waals surface area contributed by atoms with Crippen LogP contribution in [-0.2, 0) is 0 Å². The molecule has 0 saturated heterocycles. The van der Waals surface area contributed by atoms with Crippen molar-refractivity contribution in [1.82, 2.24) is 0 Å². The summed E-state index contributed by atoms with van der Waals surface area (Å²) in [4.78, 5) is 0. The van der Waals surface area contributed by atoms with Crippen LogP contribution in [0.25, 0.3) is 0 Å². The van der Waals surface area contributed by atoms with Crippen molar-refractivity contribution in [2.24, 2.45) is 11.7 Å². The molecule has 0 aromatic carbocycles. The molecule has 78 valence electrons. The molecular formula is C11H23NO. The number of hydrogen-bond acceptors (Lipinski definition) is 2. The van der Waals surface area contributed by atoms with Gasteiger partial charge in [0.05, 0.1) is 5.60 Å². The van der Waals surface area contributed by atoms with Gasteiger partial charge in [0.2, 0.25) is 0 Å². The summed E-state index contributed by atoms with van der Waals surface area (Å²) in [6.07, 6.45) is 7.78. The number of rotatable bonds is 4. The fourth-order valence-electron chi connectivity index (χ4n) is 2.53. The second kappa shape index (κ2) is 4.97. The van der Waals surface area contributed by atoms with Gasteiger partial charge in [-0.05, 0) is 31.7 Å². The zero-order valence-corrected chi connectivity index (χ0v) is 8.76. The summed E-state index contributed by atoms with van der Waals surface area (Å²) in [5.41, 5.74) is 5.29. The van der Waals surface area contributed by atoms with Gasteiger partial charge >= 0.3 is 0 Å². The van der Waals surface area contributed by atoms with E-state index >= 15 is 0 Å². The maximum absolute atomic E-state index is 10.4. The molecule has 1 atom stereocenters. The first kappa shape index (κ1) is 11.0. The van der Waals surface area contributed by atoms with Crippen molar-refractivity contribution in [1.29, 1.82) is 0 Å². The van der Waals surface area contributed by atoms with Crippen molar-refractivity contribution < 1.29 is 5.11 Å². The van der Waals surface area contributed by atoms with Crippen LogP contribution in [0.1, 0.15) is 51.9 Å². The Labute approximate surface area is 81.5 Å². The Morgan fingerprint density at radius 2 is 1.92 bits per heavy atom. The molecule has 2 nitrogen and oxygen atoms in total. The number of aliphatic hydroxyl groups is 1. The molecule has 0 spiro atoms. The van der Waals surface area contributed by atoms with E-state index in [-0.39, 0.29) is 0 Å². The van der Waals surface area contributed by atoms with Gasteiger partial charge in [0.1, 0.15) is 0 Å². The maximum Gasteiger partial charge on any atom is 0.0687 e. The Hall–Kier alpha value is -0.0800. The maximum atomic E-state index is 10.4. The summed E-state index contributed by atoms with van der Waals surface area (Å²) in [5, 5.41) is 10.4. The Morgan fingerprint density at radius 3 is 2.38 bits per heavy atom. The second-order valence-corrected chi connectivity index (χ2v) is 4.39. The molecule has 0 heterocycles. The highest BCUT2D eigenvalue weighted by Crippen LogP contribution is 2.35. The van der Waals surface area contributed by atoms with E-state index in [1.165, 1.54) is 19.3 Å². The summed E-state index contributed by atoms with van der Waals surface area (Å²) in [7, 11) is 0. The molecule has 2 heteroatoms. The Kier molecular flexibility index (Phi) is 4.20. The highest BCUT2D eigenvalue weighted by atomic mass is 16.3. The minimum Gasteiger partial charge on any atom is -0.390 e. The van der Waals surface area contributed by atoms with E-state index in [1.54, 1.807) is 0 Å². The largest absolute Gasteiger partial charge is 0.390 e. The SMILES string of the molecule is CCCC(CN)C1(O)CCCCC1. The predicted octanol–water partition coefficient (Wildman–Crippen LogP) is 2.06. The van der Waals surface area contributed by atoms with Crippen molar-refractivity contribution in [3.8, 4) is 0 Å². The lowest BCUT2D eigenvalue weighted by Crippen LogP contribution is -2.43. The van der Waals surface area contributed by atoms with Crippen molar-refractivity contribution in [2.75, 3.05) is 6.54 Å². The Bertz CT molecular complexity index is 141. The average molecular weight is 185 g/mol. The number of nitrogens with two attached hydrogens (primary N) is 1. The van der Waals surface area contributed by atoms with Gasteiger partial charge in [-0.2, -0.15) is 0 Å². The van der Waals surface area contributed by atoms with Crippen molar-refractivity contribution in [3.63, 3.8) is 0 Å². The van der Waals surface area contributed by atoms with Crippen LogP contribution in [0.5, 0.6) is 0 Å². The Balaban J connectivity index is 2.52. The quantitative estimate of drug-likeness (QED) is 0.704. The molecule has 0 radical (unpaired) electrons. The van der Waals surface area contributed by atoms with Gasteiger partial charge in [-0.25, -0.2) is 0 Å². The van der Waals surface area contributed by atoms with Gasteiger partial charge in [0.15, 0.2) is 0 Å². The van der Waals surface area contributed by atoms with Crippen molar-refractivity contribution in [3.05, 3.63) is 0 Å². The van der Waals surface area contributed by atoms with E-state index in [4.69, 9.17) is 5.73 Å². The number of hydrogen-bond donors (Lipinski definition) is 2. The molecule has 0 bridgehead atoms. The van der Waals surface area contributed by atoms with Gasteiger partial charge in [0.25, 0.3) is 0 Å². The monoisotopic (exact) mass is 185 g/mol. The molecule has 13 heavy (non-hydrogen) atoms. The van der Waals surface area contributed by atoms with Crippen molar-refractivity contribution in [2.45, 2.75) is 57.5 Å². The standard InChI is InChI=1S/C11H23NO/c1-2-6-10(9-12)11(13)7-4-3-5-8-11/h10,13H,2-9,12H2,1H3. The first-order valence-corrected chi connectivity index (χ1v) is 5.65. The van der Waals surface area contributed by atoms with Crippen LogP contribution < -0.4 is 5.73 Å². The van der Waals surface area contributed by atoms with Gasteiger partial charge in [0, 0.05) is 0 Å². The van der Waals surface area contributed by atoms with E-state index in [1.807, 2.05) is 0 Å². The third kappa shape index (κ3) is 2.68. The van der Waals surface area contributed by atoms with E-state index in [2.05, 4.69) is 6.92 Å². The fraction of sp³-hybridized carbons (Fsp3) is 1.00. The lowest BCUT2D eigenvalue weighted by atomic mass is 9.74. The zero-order chi connectivity index (χ0) is 9.73. The lowest BCUT2D eigenvalue weighted by Gasteiger charge is -2.38. The molecule has 1 unspecified atom stereocenters. The molecule has 1 aliphatic carbocycles. The van der Waals surface area contributed by atoms with Gasteiger partial charge in [-0.1, -0.05) is 32.6 Å². The summed E-state index contributed by atoms with van der Waals surface area (Å²) in [6.45, 7) is 2.80. The molecular weight excluding hydrogens is 162 g/mol. The molecule has 1 saturated carbocycles. The summed E-state index contributed by atoms with van der Waals surface area (Å²) in [6, 6.07) is 0. The summed E-state index contributed by atoms with van der Waals surface area (Å²) >= 11 is 0. The summed E-state index contributed by atoms with van der Waals surface area (Å²) in [5.74, 6) is 0.331. The Morgan fingerprint density at radius 1 is 1.31 bits per heavy atom. The predicted molar refractivity (Wildman–Crippen MR) is 55.5 cm³/mol. The third-order valence-corrected chi connectivity index (χ3v) is 3.40. The molecule has 0 aliphatic heterocycles. The van der Waals surface area contributed by atoms with E-state index in [0.29, 0.717) is 12.5 Å². The van der Waals surface area contributed by atoms with E-state index in [0.717, 1.165) is 25.7 Å². The first-order valence-electron chi connectivity index (χ1n) is 5.65. The molecule has 0 aromatic heterocycles. The van der Waals surface area contributed by atoms with Gasteiger partial charge < -0.3 is 10.8 Å². The molecule has 0 amide bonds. The molecule has 0 aromatic rings.